The molecule has 1 aromatic heterocycles. The summed E-state index contributed by atoms with van der Waals surface area (Å²) in [5.41, 5.74) is 0.415. The number of hydrogen-bond acceptors (Lipinski definition) is 5. The fraction of sp³-hybridized carbons (Fsp3) is 0.714. The maximum atomic E-state index is 11.6. The van der Waals surface area contributed by atoms with Crippen LogP contribution in [-0.4, -0.2) is 23.6 Å². The Morgan fingerprint density at radius 2 is 2.26 bits per heavy atom. The summed E-state index contributed by atoms with van der Waals surface area (Å²) >= 11 is 1.49. The Labute approximate surface area is 118 Å². The largest absolute Gasteiger partial charge is 0.461 e. The lowest BCUT2D eigenvalue weighted by atomic mass is 9.83. The van der Waals surface area contributed by atoms with Crippen LogP contribution in [0.25, 0.3) is 0 Å². The molecule has 2 atom stereocenters. The quantitative estimate of drug-likeness (QED) is 0.837. The fourth-order valence-corrected chi connectivity index (χ4v) is 3.43. The molecule has 1 aliphatic rings. The first-order chi connectivity index (χ1) is 9.24. The van der Waals surface area contributed by atoms with Gasteiger partial charge in [-0.25, -0.2) is 9.78 Å². The molecule has 1 aliphatic carbocycles. The van der Waals surface area contributed by atoms with Crippen molar-refractivity contribution in [3.63, 3.8) is 0 Å². The second-order valence-electron chi connectivity index (χ2n) is 4.96. The fourth-order valence-electron chi connectivity index (χ4n) is 2.68. The molecule has 2 unspecified atom stereocenters. The number of carbonyl (C=O) groups is 1. The van der Waals surface area contributed by atoms with Crippen LogP contribution in [0.4, 0.5) is 5.13 Å². The number of hydrogen-bond donors (Lipinski definition) is 1. The minimum absolute atomic E-state index is 0.331. The highest BCUT2D eigenvalue weighted by molar-refractivity contribution is 7.13. The molecule has 1 N–H and O–H groups in total. The molecule has 106 valence electrons. The van der Waals surface area contributed by atoms with E-state index in [2.05, 4.69) is 17.2 Å². The molecule has 1 aromatic rings. The van der Waals surface area contributed by atoms with E-state index in [0.717, 1.165) is 11.0 Å². The zero-order valence-electron chi connectivity index (χ0n) is 11.6. The third-order valence-electron chi connectivity index (χ3n) is 3.73. The Balaban J connectivity index is 1.97. The highest BCUT2D eigenvalue weighted by atomic mass is 32.1. The number of carbonyl (C=O) groups excluding carboxylic acids is 1. The van der Waals surface area contributed by atoms with Crippen molar-refractivity contribution in [1.82, 2.24) is 4.98 Å². The molecule has 1 fully saturated rings. The average molecular weight is 282 g/mol. The van der Waals surface area contributed by atoms with E-state index in [1.807, 2.05) is 0 Å². The van der Waals surface area contributed by atoms with Crippen molar-refractivity contribution in [2.75, 3.05) is 11.9 Å². The predicted octanol–water partition coefficient (Wildman–Crippen LogP) is 3.70. The van der Waals surface area contributed by atoms with Gasteiger partial charge in [0.15, 0.2) is 10.8 Å². The third-order valence-corrected chi connectivity index (χ3v) is 4.50. The van der Waals surface area contributed by atoms with Gasteiger partial charge >= 0.3 is 5.97 Å². The lowest BCUT2D eigenvalue weighted by Crippen LogP contribution is -2.31. The molecule has 0 radical (unpaired) electrons. The van der Waals surface area contributed by atoms with Gasteiger partial charge in [0.2, 0.25) is 0 Å². The molecule has 1 saturated carbocycles. The summed E-state index contributed by atoms with van der Waals surface area (Å²) in [5.74, 6) is 0.395. The molecular weight excluding hydrogens is 260 g/mol. The van der Waals surface area contributed by atoms with Crippen LogP contribution < -0.4 is 5.32 Å². The van der Waals surface area contributed by atoms with E-state index in [1.165, 1.54) is 43.4 Å². The van der Waals surface area contributed by atoms with Crippen molar-refractivity contribution in [2.24, 2.45) is 5.92 Å². The van der Waals surface area contributed by atoms with Gasteiger partial charge < -0.3 is 10.1 Å². The first-order valence-electron chi connectivity index (χ1n) is 7.13. The lowest BCUT2D eigenvalue weighted by Gasteiger charge is -2.31. The smallest absolute Gasteiger partial charge is 0.357 e. The number of aromatic nitrogens is 1. The molecule has 5 heteroatoms. The summed E-state index contributed by atoms with van der Waals surface area (Å²) in [6, 6.07) is 0.500. The van der Waals surface area contributed by atoms with E-state index in [4.69, 9.17) is 4.74 Å². The summed E-state index contributed by atoms with van der Waals surface area (Å²) in [4.78, 5) is 15.9. The van der Waals surface area contributed by atoms with Crippen LogP contribution in [0.2, 0.25) is 0 Å². The molecule has 0 amide bonds. The van der Waals surface area contributed by atoms with Crippen LogP contribution in [-0.2, 0) is 4.74 Å². The molecule has 1 heterocycles. The number of rotatable bonds is 5. The van der Waals surface area contributed by atoms with Gasteiger partial charge in [0.05, 0.1) is 6.61 Å². The van der Waals surface area contributed by atoms with Crippen LogP contribution in [0.3, 0.4) is 0 Å². The Morgan fingerprint density at radius 1 is 1.47 bits per heavy atom. The highest BCUT2D eigenvalue weighted by Gasteiger charge is 2.24. The zero-order valence-corrected chi connectivity index (χ0v) is 12.5. The van der Waals surface area contributed by atoms with Crippen molar-refractivity contribution in [2.45, 2.75) is 52.0 Å². The van der Waals surface area contributed by atoms with Crippen molar-refractivity contribution in [3.05, 3.63) is 11.1 Å². The number of anilines is 1. The van der Waals surface area contributed by atoms with Gasteiger partial charge in [-0.3, -0.25) is 0 Å². The summed E-state index contributed by atoms with van der Waals surface area (Å²) in [6.07, 6.45) is 6.32. The Hall–Kier alpha value is -1.10. The maximum Gasteiger partial charge on any atom is 0.357 e. The molecule has 0 spiro atoms. The minimum atomic E-state index is -0.331. The number of esters is 1. The van der Waals surface area contributed by atoms with E-state index in [9.17, 15) is 4.79 Å². The summed E-state index contributed by atoms with van der Waals surface area (Å²) < 4.78 is 4.95. The first-order valence-corrected chi connectivity index (χ1v) is 8.01. The molecule has 0 aromatic carbocycles. The number of nitrogens with one attached hydrogen (secondary N) is 1. The van der Waals surface area contributed by atoms with Gasteiger partial charge in [-0.05, 0) is 25.7 Å². The van der Waals surface area contributed by atoms with Crippen molar-refractivity contribution in [1.29, 1.82) is 0 Å². The summed E-state index contributed by atoms with van der Waals surface area (Å²) in [7, 11) is 0. The van der Waals surface area contributed by atoms with Crippen molar-refractivity contribution >= 4 is 22.4 Å². The molecule has 19 heavy (non-hydrogen) atoms. The highest BCUT2D eigenvalue weighted by Crippen LogP contribution is 2.30. The van der Waals surface area contributed by atoms with E-state index in [-0.39, 0.29) is 5.97 Å². The third kappa shape index (κ3) is 3.69. The topological polar surface area (TPSA) is 51.2 Å². The SMILES string of the molecule is CCOC(=O)c1csc(NC2CCCCC2CC)n1. The van der Waals surface area contributed by atoms with Gasteiger partial charge in [0.25, 0.3) is 0 Å². The molecule has 0 aliphatic heterocycles. The van der Waals surface area contributed by atoms with Gasteiger partial charge in [-0.15, -0.1) is 11.3 Å². The molecule has 4 nitrogen and oxygen atoms in total. The van der Waals surface area contributed by atoms with Gasteiger partial charge in [-0.2, -0.15) is 0 Å². The standard InChI is InChI=1S/C14H22N2O2S/c1-3-10-7-5-6-8-11(10)15-14-16-12(9-19-14)13(17)18-4-2/h9-11H,3-8H2,1-2H3,(H,15,16). The van der Waals surface area contributed by atoms with Crippen LogP contribution in [0.1, 0.15) is 56.4 Å². The van der Waals surface area contributed by atoms with Gasteiger partial charge in [0, 0.05) is 11.4 Å². The number of thiazole rings is 1. The monoisotopic (exact) mass is 282 g/mol. The number of ether oxygens (including phenoxy) is 1. The first kappa shape index (κ1) is 14.3. The van der Waals surface area contributed by atoms with Crippen molar-refractivity contribution < 1.29 is 9.53 Å². The number of nitrogens with zero attached hydrogens (tertiary/aromatic N) is 1. The normalized spacial score (nSPS) is 23.1. The van der Waals surface area contributed by atoms with Gasteiger partial charge in [-0.1, -0.05) is 26.2 Å². The Bertz CT molecular complexity index is 419. The minimum Gasteiger partial charge on any atom is -0.461 e. The summed E-state index contributed by atoms with van der Waals surface area (Å²) in [6.45, 7) is 4.44. The van der Waals surface area contributed by atoms with Crippen molar-refractivity contribution in [3.8, 4) is 0 Å². The maximum absolute atomic E-state index is 11.6. The van der Waals surface area contributed by atoms with Crippen LogP contribution >= 0.6 is 11.3 Å². The van der Waals surface area contributed by atoms with E-state index < -0.39 is 0 Å². The zero-order chi connectivity index (χ0) is 13.7. The van der Waals surface area contributed by atoms with E-state index >= 15 is 0 Å². The van der Waals surface area contributed by atoms with E-state index in [1.54, 1.807) is 12.3 Å². The van der Waals surface area contributed by atoms with Gasteiger partial charge in [0.1, 0.15) is 0 Å². The molecule has 2 rings (SSSR count). The summed E-state index contributed by atoms with van der Waals surface area (Å²) in [5, 5.41) is 6.11. The second-order valence-corrected chi connectivity index (χ2v) is 5.82. The van der Waals surface area contributed by atoms with Crippen LogP contribution in [0.5, 0.6) is 0 Å². The second kappa shape index (κ2) is 6.89. The molecule has 0 bridgehead atoms. The molecule has 0 saturated heterocycles. The predicted molar refractivity (Wildman–Crippen MR) is 77.7 cm³/mol. The van der Waals surface area contributed by atoms with Crippen LogP contribution in [0.15, 0.2) is 5.38 Å². The lowest BCUT2D eigenvalue weighted by molar-refractivity contribution is 0.0520. The average Bonchev–Trinajstić information content (AvgIpc) is 2.88. The Morgan fingerprint density at radius 3 is 3.00 bits per heavy atom. The van der Waals surface area contributed by atoms with E-state index in [0.29, 0.717) is 18.3 Å². The Kier molecular flexibility index (Phi) is 5.19. The molecular formula is C14H22N2O2S. The van der Waals surface area contributed by atoms with Crippen LogP contribution in [0, 0.1) is 5.92 Å².